The number of ether oxygens (including phenoxy) is 2. The highest BCUT2D eigenvalue weighted by molar-refractivity contribution is 5.76. The first-order valence-electron chi connectivity index (χ1n) is 8.75. The molecule has 1 N–H and O–H groups in total. The van der Waals surface area contributed by atoms with E-state index in [0.29, 0.717) is 18.8 Å². The summed E-state index contributed by atoms with van der Waals surface area (Å²) in [5, 5.41) is 10.7. The Labute approximate surface area is 155 Å². The highest BCUT2D eigenvalue weighted by Gasteiger charge is 2.38. The molecule has 1 atom stereocenters. The third-order valence-electron chi connectivity index (χ3n) is 4.73. The number of aliphatic hydroxyl groups is 1. The number of hydrogen-bond donors (Lipinski definition) is 1. The van der Waals surface area contributed by atoms with Crippen molar-refractivity contribution in [2.45, 2.75) is 47.0 Å². The standard InChI is InChI=1S/C22H28O4/c1-15-6-9-17(10-7-15)13-26-14-19-12-18(11-8-16(19)2)20(23)22(3,4)21(24)25-5/h6-12,20,23H,13-14H2,1-5H3/t20-/m1/s1. The highest BCUT2D eigenvalue weighted by Crippen LogP contribution is 2.35. The Bertz CT molecular complexity index is 747. The minimum Gasteiger partial charge on any atom is -0.469 e. The van der Waals surface area contributed by atoms with Gasteiger partial charge in [-0.25, -0.2) is 0 Å². The highest BCUT2D eigenvalue weighted by atomic mass is 16.5. The second-order valence-electron chi connectivity index (χ2n) is 7.28. The predicted molar refractivity (Wildman–Crippen MR) is 102 cm³/mol. The monoisotopic (exact) mass is 356 g/mol. The van der Waals surface area contributed by atoms with Gasteiger partial charge in [0.25, 0.3) is 0 Å². The van der Waals surface area contributed by atoms with Gasteiger partial charge < -0.3 is 14.6 Å². The number of esters is 1. The summed E-state index contributed by atoms with van der Waals surface area (Å²) in [7, 11) is 1.33. The molecule has 4 heteroatoms. The van der Waals surface area contributed by atoms with Gasteiger partial charge in [0, 0.05) is 0 Å². The molecular weight excluding hydrogens is 328 g/mol. The van der Waals surface area contributed by atoms with E-state index in [2.05, 4.69) is 31.2 Å². The Kier molecular flexibility index (Phi) is 6.57. The van der Waals surface area contributed by atoms with Gasteiger partial charge in [0.15, 0.2) is 0 Å². The first kappa shape index (κ1) is 20.1. The molecule has 2 aromatic rings. The zero-order valence-electron chi connectivity index (χ0n) is 16.2. The van der Waals surface area contributed by atoms with E-state index in [1.807, 2.05) is 25.1 Å². The van der Waals surface area contributed by atoms with Crippen LogP contribution in [0.25, 0.3) is 0 Å². The van der Waals surface area contributed by atoms with Crippen LogP contribution in [0.4, 0.5) is 0 Å². The molecule has 0 saturated heterocycles. The summed E-state index contributed by atoms with van der Waals surface area (Å²) in [4.78, 5) is 11.9. The molecule has 4 nitrogen and oxygen atoms in total. The van der Waals surface area contributed by atoms with E-state index >= 15 is 0 Å². The van der Waals surface area contributed by atoms with E-state index in [9.17, 15) is 9.90 Å². The minimum atomic E-state index is -1.02. The van der Waals surface area contributed by atoms with Crippen molar-refractivity contribution in [1.82, 2.24) is 0 Å². The molecule has 0 amide bonds. The lowest BCUT2D eigenvalue weighted by molar-refractivity contribution is -0.157. The van der Waals surface area contributed by atoms with Crippen LogP contribution in [-0.4, -0.2) is 18.2 Å². The van der Waals surface area contributed by atoms with Crippen LogP contribution >= 0.6 is 0 Å². The van der Waals surface area contributed by atoms with E-state index in [-0.39, 0.29) is 0 Å². The molecule has 26 heavy (non-hydrogen) atoms. The Hall–Kier alpha value is -2.17. The maximum atomic E-state index is 11.9. The van der Waals surface area contributed by atoms with E-state index < -0.39 is 17.5 Å². The third kappa shape index (κ3) is 4.71. The van der Waals surface area contributed by atoms with Crippen molar-refractivity contribution in [3.63, 3.8) is 0 Å². The van der Waals surface area contributed by atoms with Crippen LogP contribution in [0.5, 0.6) is 0 Å². The van der Waals surface area contributed by atoms with Crippen molar-refractivity contribution >= 4 is 5.97 Å². The molecule has 0 aliphatic heterocycles. The van der Waals surface area contributed by atoms with E-state index in [4.69, 9.17) is 9.47 Å². The Balaban J connectivity index is 2.09. The molecule has 0 unspecified atom stereocenters. The second kappa shape index (κ2) is 8.47. The van der Waals surface area contributed by atoms with Gasteiger partial charge in [0.05, 0.1) is 31.8 Å². The van der Waals surface area contributed by atoms with Gasteiger partial charge in [-0.05, 0) is 49.9 Å². The van der Waals surface area contributed by atoms with Crippen LogP contribution in [0.2, 0.25) is 0 Å². The fourth-order valence-electron chi connectivity index (χ4n) is 2.77. The Morgan fingerprint density at radius 2 is 1.73 bits per heavy atom. The van der Waals surface area contributed by atoms with E-state index in [1.165, 1.54) is 12.7 Å². The second-order valence-corrected chi connectivity index (χ2v) is 7.28. The van der Waals surface area contributed by atoms with Crippen LogP contribution in [0, 0.1) is 19.3 Å². The molecule has 0 heterocycles. The summed E-state index contributed by atoms with van der Waals surface area (Å²) in [6.07, 6.45) is -0.952. The van der Waals surface area contributed by atoms with E-state index in [1.54, 1.807) is 13.8 Å². The van der Waals surface area contributed by atoms with Crippen molar-refractivity contribution < 1.29 is 19.4 Å². The maximum Gasteiger partial charge on any atom is 0.314 e. The molecule has 0 aliphatic rings. The molecule has 0 bridgehead atoms. The quantitative estimate of drug-likeness (QED) is 0.754. The number of methoxy groups -OCH3 is 1. The van der Waals surface area contributed by atoms with Crippen LogP contribution in [0.15, 0.2) is 42.5 Å². The SMILES string of the molecule is COC(=O)C(C)(C)[C@H](O)c1ccc(C)c(COCc2ccc(C)cc2)c1. The van der Waals surface area contributed by atoms with Gasteiger partial charge in [-0.2, -0.15) is 0 Å². The summed E-state index contributed by atoms with van der Waals surface area (Å²) in [6.45, 7) is 8.39. The fraction of sp³-hybridized carbons (Fsp3) is 0.409. The zero-order chi connectivity index (χ0) is 19.3. The lowest BCUT2D eigenvalue weighted by Gasteiger charge is -2.28. The lowest BCUT2D eigenvalue weighted by atomic mass is 9.82. The summed E-state index contributed by atoms with van der Waals surface area (Å²) < 4.78 is 10.7. The van der Waals surface area contributed by atoms with E-state index in [0.717, 1.165) is 16.7 Å². The van der Waals surface area contributed by atoms with Gasteiger partial charge in [-0.1, -0.05) is 48.0 Å². The summed E-state index contributed by atoms with van der Waals surface area (Å²) >= 11 is 0. The van der Waals surface area contributed by atoms with Crippen molar-refractivity contribution in [3.8, 4) is 0 Å². The molecule has 140 valence electrons. The molecule has 2 rings (SSSR count). The van der Waals surface area contributed by atoms with Gasteiger partial charge in [0.1, 0.15) is 0 Å². The molecular formula is C22H28O4. The summed E-state index contributed by atoms with van der Waals surface area (Å²) in [5.74, 6) is -0.442. The van der Waals surface area contributed by atoms with Gasteiger partial charge in [-0.15, -0.1) is 0 Å². The smallest absolute Gasteiger partial charge is 0.314 e. The topological polar surface area (TPSA) is 55.8 Å². The normalized spacial score (nSPS) is 12.7. The number of hydrogen-bond acceptors (Lipinski definition) is 4. The zero-order valence-corrected chi connectivity index (χ0v) is 16.2. The Morgan fingerprint density at radius 1 is 1.08 bits per heavy atom. The minimum absolute atomic E-state index is 0.442. The first-order chi connectivity index (χ1) is 12.3. The maximum absolute atomic E-state index is 11.9. The van der Waals surface area contributed by atoms with Crippen molar-refractivity contribution in [3.05, 3.63) is 70.3 Å². The number of rotatable bonds is 7. The molecule has 0 spiro atoms. The summed E-state index contributed by atoms with van der Waals surface area (Å²) in [6, 6.07) is 13.9. The number of benzene rings is 2. The predicted octanol–water partition coefficient (Wildman–Crippen LogP) is 4.25. The molecule has 0 radical (unpaired) electrons. The van der Waals surface area contributed by atoms with Crippen molar-refractivity contribution in [1.29, 1.82) is 0 Å². The van der Waals surface area contributed by atoms with Crippen molar-refractivity contribution in [2.24, 2.45) is 5.41 Å². The Morgan fingerprint density at radius 3 is 2.35 bits per heavy atom. The van der Waals surface area contributed by atoms with Crippen molar-refractivity contribution in [2.75, 3.05) is 7.11 Å². The van der Waals surface area contributed by atoms with Gasteiger partial charge in [-0.3, -0.25) is 4.79 Å². The lowest BCUT2D eigenvalue weighted by Crippen LogP contribution is -2.32. The fourth-order valence-corrected chi connectivity index (χ4v) is 2.77. The molecule has 0 fully saturated rings. The average molecular weight is 356 g/mol. The number of aliphatic hydroxyl groups excluding tert-OH is 1. The third-order valence-corrected chi connectivity index (χ3v) is 4.73. The van der Waals surface area contributed by atoms with Crippen LogP contribution in [-0.2, 0) is 27.5 Å². The summed E-state index contributed by atoms with van der Waals surface area (Å²) in [5.41, 5.74) is 4.08. The number of carbonyl (C=O) groups is 1. The number of carbonyl (C=O) groups excluding carboxylic acids is 1. The average Bonchev–Trinajstić information content (AvgIpc) is 2.63. The molecule has 0 aliphatic carbocycles. The first-order valence-corrected chi connectivity index (χ1v) is 8.75. The van der Waals surface area contributed by atoms with Gasteiger partial charge in [0.2, 0.25) is 0 Å². The van der Waals surface area contributed by atoms with Gasteiger partial charge >= 0.3 is 5.97 Å². The largest absolute Gasteiger partial charge is 0.469 e. The molecule has 0 saturated carbocycles. The van der Waals surface area contributed by atoms with Crippen LogP contribution in [0.1, 0.15) is 47.8 Å². The number of aryl methyl sites for hydroxylation is 2. The van der Waals surface area contributed by atoms with Crippen LogP contribution in [0.3, 0.4) is 0 Å². The molecule has 2 aromatic carbocycles. The van der Waals surface area contributed by atoms with Crippen LogP contribution < -0.4 is 0 Å². The molecule has 0 aromatic heterocycles.